The molecule has 0 bridgehead atoms. The smallest absolute Gasteiger partial charge is 0.257 e. The van der Waals surface area contributed by atoms with Crippen molar-refractivity contribution in [1.29, 1.82) is 0 Å². The number of piperidine rings is 1. The highest BCUT2D eigenvalue weighted by Crippen LogP contribution is 2.32. The summed E-state index contributed by atoms with van der Waals surface area (Å²) in [6, 6.07) is 7.32. The van der Waals surface area contributed by atoms with Crippen molar-refractivity contribution < 1.29 is 14.3 Å². The van der Waals surface area contributed by atoms with Gasteiger partial charge in [-0.15, -0.1) is 0 Å². The van der Waals surface area contributed by atoms with E-state index in [1.165, 1.54) is 19.3 Å². The molecule has 2 aliphatic rings. The first-order valence-corrected chi connectivity index (χ1v) is 8.70. The van der Waals surface area contributed by atoms with Crippen molar-refractivity contribution in [2.24, 2.45) is 0 Å². The number of rotatable bonds is 3. The van der Waals surface area contributed by atoms with Gasteiger partial charge in [0.25, 0.3) is 5.91 Å². The highest BCUT2D eigenvalue weighted by Gasteiger charge is 2.16. The average molecular weight is 339 g/mol. The summed E-state index contributed by atoms with van der Waals surface area (Å²) < 4.78 is 11.1. The molecule has 0 spiro atoms. The van der Waals surface area contributed by atoms with Crippen LogP contribution in [0.25, 0.3) is 0 Å². The molecule has 1 N–H and O–H groups in total. The lowest BCUT2D eigenvalue weighted by atomic mass is 10.1. The van der Waals surface area contributed by atoms with Crippen LogP contribution in [0, 0.1) is 0 Å². The van der Waals surface area contributed by atoms with Gasteiger partial charge in [-0.2, -0.15) is 0 Å². The maximum absolute atomic E-state index is 12.6. The number of hydrogen-bond acceptors (Lipinski definition) is 5. The molecule has 0 saturated carbocycles. The molecular weight excluding hydrogens is 318 g/mol. The Hall–Kier alpha value is -2.76. The molecule has 0 atom stereocenters. The van der Waals surface area contributed by atoms with Crippen molar-refractivity contribution in [3.63, 3.8) is 0 Å². The number of aromatic nitrogens is 1. The quantitative estimate of drug-likeness (QED) is 0.931. The Kier molecular flexibility index (Phi) is 4.41. The van der Waals surface area contributed by atoms with Crippen molar-refractivity contribution >= 4 is 17.3 Å². The molecule has 2 aliphatic heterocycles. The molecule has 4 rings (SSSR count). The van der Waals surface area contributed by atoms with Gasteiger partial charge >= 0.3 is 0 Å². The van der Waals surface area contributed by atoms with E-state index in [4.69, 9.17) is 9.47 Å². The Morgan fingerprint density at radius 1 is 1.00 bits per heavy atom. The van der Waals surface area contributed by atoms with Crippen molar-refractivity contribution in [1.82, 2.24) is 4.98 Å². The molecular formula is C19H21N3O3. The molecule has 1 aromatic heterocycles. The normalized spacial score (nSPS) is 16.4. The van der Waals surface area contributed by atoms with Gasteiger partial charge in [0.05, 0.1) is 17.4 Å². The van der Waals surface area contributed by atoms with Crippen LogP contribution >= 0.6 is 0 Å². The molecule has 25 heavy (non-hydrogen) atoms. The van der Waals surface area contributed by atoms with Gasteiger partial charge in [0.15, 0.2) is 11.5 Å². The summed E-state index contributed by atoms with van der Waals surface area (Å²) in [4.78, 5) is 19.1. The Balaban J connectivity index is 1.49. The van der Waals surface area contributed by atoms with Crippen LogP contribution in [0.4, 0.5) is 11.4 Å². The summed E-state index contributed by atoms with van der Waals surface area (Å²) in [5.41, 5.74) is 2.24. The minimum Gasteiger partial charge on any atom is -0.486 e. The Labute approximate surface area is 146 Å². The van der Waals surface area contributed by atoms with Crippen LogP contribution in [0.2, 0.25) is 0 Å². The number of carbonyl (C=O) groups excluding carboxylic acids is 1. The number of pyridine rings is 1. The number of hydrogen-bond donors (Lipinski definition) is 1. The maximum atomic E-state index is 12.6. The fourth-order valence-corrected chi connectivity index (χ4v) is 3.20. The van der Waals surface area contributed by atoms with E-state index in [9.17, 15) is 4.79 Å². The molecule has 3 heterocycles. The Morgan fingerprint density at radius 2 is 1.80 bits per heavy atom. The van der Waals surface area contributed by atoms with Crippen LogP contribution in [0.1, 0.15) is 29.6 Å². The Bertz CT molecular complexity index is 772. The van der Waals surface area contributed by atoms with Crippen LogP contribution in [0.5, 0.6) is 11.5 Å². The predicted molar refractivity (Wildman–Crippen MR) is 95.7 cm³/mol. The second kappa shape index (κ2) is 7.01. The van der Waals surface area contributed by atoms with Crippen LogP contribution in [-0.2, 0) is 0 Å². The molecule has 1 fully saturated rings. The third-order valence-corrected chi connectivity index (χ3v) is 4.51. The summed E-state index contributed by atoms with van der Waals surface area (Å²) in [6.07, 6.45) is 7.07. The SMILES string of the molecule is O=C(Nc1ccc2c(c1)OCCO2)c1cncc(N2CCCCC2)c1. The minimum absolute atomic E-state index is 0.178. The first kappa shape index (κ1) is 15.7. The summed E-state index contributed by atoms with van der Waals surface area (Å²) >= 11 is 0. The van der Waals surface area contributed by atoms with Crippen molar-refractivity contribution in [2.75, 3.05) is 36.5 Å². The van der Waals surface area contributed by atoms with E-state index in [1.807, 2.05) is 24.4 Å². The molecule has 0 radical (unpaired) electrons. The summed E-state index contributed by atoms with van der Waals surface area (Å²) in [5, 5.41) is 2.91. The second-order valence-electron chi connectivity index (χ2n) is 6.29. The standard InChI is InChI=1S/C19H21N3O3/c23-19(21-15-4-5-17-18(11-15)25-9-8-24-17)14-10-16(13-20-12-14)22-6-2-1-3-7-22/h4-5,10-13H,1-3,6-9H2,(H,21,23). The van der Waals surface area contributed by atoms with E-state index in [0.29, 0.717) is 36.0 Å². The number of ether oxygens (including phenoxy) is 2. The zero-order valence-electron chi connectivity index (χ0n) is 14.0. The van der Waals surface area contributed by atoms with Crippen LogP contribution < -0.4 is 19.7 Å². The van der Waals surface area contributed by atoms with Gasteiger partial charge in [0.2, 0.25) is 0 Å². The van der Waals surface area contributed by atoms with Gasteiger partial charge < -0.3 is 19.7 Å². The fraction of sp³-hybridized carbons (Fsp3) is 0.368. The molecule has 1 amide bonds. The van der Waals surface area contributed by atoms with E-state index in [2.05, 4.69) is 15.2 Å². The number of amides is 1. The van der Waals surface area contributed by atoms with Crippen LogP contribution in [-0.4, -0.2) is 37.2 Å². The van der Waals surface area contributed by atoms with E-state index in [0.717, 1.165) is 18.8 Å². The number of nitrogens with zero attached hydrogens (tertiary/aromatic N) is 2. The number of nitrogens with one attached hydrogen (secondary N) is 1. The van der Waals surface area contributed by atoms with Gasteiger partial charge in [-0.05, 0) is 37.5 Å². The molecule has 1 saturated heterocycles. The molecule has 0 unspecified atom stereocenters. The third-order valence-electron chi connectivity index (χ3n) is 4.51. The van der Waals surface area contributed by atoms with E-state index < -0.39 is 0 Å². The fourth-order valence-electron chi connectivity index (χ4n) is 3.20. The number of carbonyl (C=O) groups is 1. The van der Waals surface area contributed by atoms with Gasteiger partial charge in [-0.3, -0.25) is 9.78 Å². The average Bonchev–Trinajstić information content (AvgIpc) is 2.69. The molecule has 2 aromatic rings. The van der Waals surface area contributed by atoms with Crippen molar-refractivity contribution in [3.8, 4) is 11.5 Å². The summed E-state index contributed by atoms with van der Waals surface area (Å²) in [7, 11) is 0. The predicted octanol–water partition coefficient (Wildman–Crippen LogP) is 3.10. The third kappa shape index (κ3) is 3.52. The molecule has 0 aliphatic carbocycles. The van der Waals surface area contributed by atoms with Crippen molar-refractivity contribution in [2.45, 2.75) is 19.3 Å². The monoisotopic (exact) mass is 339 g/mol. The zero-order chi connectivity index (χ0) is 17.1. The van der Waals surface area contributed by atoms with Gasteiger partial charge in [-0.1, -0.05) is 0 Å². The lowest BCUT2D eigenvalue weighted by molar-refractivity contribution is 0.102. The van der Waals surface area contributed by atoms with Gasteiger partial charge in [-0.25, -0.2) is 0 Å². The minimum atomic E-state index is -0.178. The number of fused-ring (bicyclic) bond motifs is 1. The zero-order valence-corrected chi connectivity index (χ0v) is 14.0. The first-order chi connectivity index (χ1) is 12.3. The number of benzene rings is 1. The van der Waals surface area contributed by atoms with Crippen LogP contribution in [0.15, 0.2) is 36.7 Å². The topological polar surface area (TPSA) is 63.7 Å². The molecule has 1 aromatic carbocycles. The lowest BCUT2D eigenvalue weighted by Gasteiger charge is -2.28. The molecule has 130 valence electrons. The highest BCUT2D eigenvalue weighted by molar-refractivity contribution is 6.04. The van der Waals surface area contributed by atoms with E-state index in [1.54, 1.807) is 12.3 Å². The van der Waals surface area contributed by atoms with E-state index in [-0.39, 0.29) is 5.91 Å². The summed E-state index contributed by atoms with van der Waals surface area (Å²) in [6.45, 7) is 3.11. The highest BCUT2D eigenvalue weighted by atomic mass is 16.6. The van der Waals surface area contributed by atoms with Gasteiger partial charge in [0, 0.05) is 31.0 Å². The molecule has 6 nitrogen and oxygen atoms in total. The lowest BCUT2D eigenvalue weighted by Crippen LogP contribution is -2.29. The van der Waals surface area contributed by atoms with E-state index >= 15 is 0 Å². The maximum Gasteiger partial charge on any atom is 0.257 e. The molecule has 6 heteroatoms. The largest absolute Gasteiger partial charge is 0.486 e. The van der Waals surface area contributed by atoms with Crippen LogP contribution in [0.3, 0.4) is 0 Å². The summed E-state index contributed by atoms with van der Waals surface area (Å²) in [5.74, 6) is 1.19. The Morgan fingerprint density at radius 3 is 2.64 bits per heavy atom. The second-order valence-corrected chi connectivity index (χ2v) is 6.29. The first-order valence-electron chi connectivity index (χ1n) is 8.70. The number of anilines is 2. The van der Waals surface area contributed by atoms with Crippen molar-refractivity contribution in [3.05, 3.63) is 42.2 Å². The van der Waals surface area contributed by atoms with Gasteiger partial charge in [0.1, 0.15) is 13.2 Å².